The lowest BCUT2D eigenvalue weighted by Crippen LogP contribution is -2.07. The normalized spacial score (nSPS) is 11.4. The van der Waals surface area contributed by atoms with Crippen molar-refractivity contribution in [3.05, 3.63) is 94.3 Å². The van der Waals surface area contributed by atoms with Gasteiger partial charge in [0.2, 0.25) is 5.71 Å². The topological polar surface area (TPSA) is 35.1 Å². The summed E-state index contributed by atoms with van der Waals surface area (Å²) in [6.07, 6.45) is 0. The van der Waals surface area contributed by atoms with Crippen LogP contribution in [0.15, 0.2) is 88.1 Å². The zero-order chi connectivity index (χ0) is 20.0. The van der Waals surface area contributed by atoms with Crippen molar-refractivity contribution in [3.63, 3.8) is 0 Å². The van der Waals surface area contributed by atoms with E-state index in [-0.39, 0.29) is 5.63 Å². The Hall–Kier alpha value is -3.30. The predicted octanol–water partition coefficient (Wildman–Crippen LogP) is 6.76. The largest absolute Gasteiger partial charge is 0.405 e. The molecule has 0 spiro atoms. The summed E-state index contributed by atoms with van der Waals surface area (Å²) in [6.45, 7) is 2.73. The quantitative estimate of drug-likeness (QED) is 0.336. The van der Waals surface area contributed by atoms with Gasteiger partial charge in [0.1, 0.15) is 0 Å². The minimum Gasteiger partial charge on any atom is -0.405 e. The highest BCUT2D eigenvalue weighted by molar-refractivity contribution is 6.32. The molecule has 5 aromatic rings. The summed E-state index contributed by atoms with van der Waals surface area (Å²) < 4.78 is 7.95. The Labute approximate surface area is 172 Å². The Balaban J connectivity index is 2.07. The maximum atomic E-state index is 13.2. The number of fused-ring (bicyclic) bond motifs is 3. The van der Waals surface area contributed by atoms with E-state index < -0.39 is 0 Å². The lowest BCUT2D eigenvalue weighted by atomic mass is 9.93. The summed E-state index contributed by atoms with van der Waals surface area (Å²) in [4.78, 5) is 13.2. The molecule has 0 N–H and O–H groups in total. The maximum absolute atomic E-state index is 13.2. The van der Waals surface area contributed by atoms with Crippen molar-refractivity contribution in [1.82, 2.24) is 4.57 Å². The van der Waals surface area contributed by atoms with Gasteiger partial charge in [-0.25, -0.2) is 4.79 Å². The third kappa shape index (κ3) is 2.78. The first-order valence-corrected chi connectivity index (χ1v) is 9.96. The number of hydrogen-bond acceptors (Lipinski definition) is 2. The Kier molecular flexibility index (Phi) is 4.26. The van der Waals surface area contributed by atoms with Crippen molar-refractivity contribution in [2.24, 2.45) is 0 Å². The van der Waals surface area contributed by atoms with Crippen LogP contribution in [-0.4, -0.2) is 4.57 Å². The van der Waals surface area contributed by atoms with Crippen LogP contribution in [0.5, 0.6) is 0 Å². The highest BCUT2D eigenvalue weighted by Crippen LogP contribution is 2.41. The third-order valence-electron chi connectivity index (χ3n) is 5.31. The number of benzene rings is 3. The monoisotopic (exact) mass is 399 g/mol. The highest BCUT2D eigenvalue weighted by Gasteiger charge is 2.23. The molecule has 0 saturated heterocycles. The Bertz CT molecular complexity index is 1400. The van der Waals surface area contributed by atoms with Crippen molar-refractivity contribution in [2.45, 2.75) is 13.5 Å². The van der Waals surface area contributed by atoms with Crippen LogP contribution in [0.1, 0.15) is 6.92 Å². The second-order valence-corrected chi connectivity index (χ2v) is 7.39. The predicted molar refractivity (Wildman–Crippen MR) is 120 cm³/mol. The van der Waals surface area contributed by atoms with Crippen LogP contribution in [0.2, 0.25) is 5.02 Å². The smallest absolute Gasteiger partial charge is 0.346 e. The molecule has 0 bridgehead atoms. The molecule has 2 aromatic heterocycles. The summed E-state index contributed by atoms with van der Waals surface area (Å²) in [5.41, 5.74) is 4.49. The van der Waals surface area contributed by atoms with E-state index in [9.17, 15) is 4.79 Å². The molecule has 3 nitrogen and oxygen atoms in total. The highest BCUT2D eigenvalue weighted by atomic mass is 35.5. The fourth-order valence-electron chi connectivity index (χ4n) is 4.09. The van der Waals surface area contributed by atoms with Gasteiger partial charge in [-0.2, -0.15) is 0 Å². The van der Waals surface area contributed by atoms with Crippen LogP contribution in [0, 0.1) is 0 Å². The van der Waals surface area contributed by atoms with Gasteiger partial charge in [-0.15, -0.1) is 0 Å². The Morgan fingerprint density at radius 1 is 0.862 bits per heavy atom. The van der Waals surface area contributed by atoms with Crippen molar-refractivity contribution >= 4 is 33.6 Å². The van der Waals surface area contributed by atoms with Crippen molar-refractivity contribution in [1.29, 1.82) is 0 Å². The van der Waals surface area contributed by atoms with E-state index in [2.05, 4.69) is 0 Å². The summed E-state index contributed by atoms with van der Waals surface area (Å²) in [6, 6.07) is 25.5. The van der Waals surface area contributed by atoms with Crippen molar-refractivity contribution in [2.75, 3.05) is 0 Å². The maximum Gasteiger partial charge on any atom is 0.346 e. The molecular formula is C25H18ClNO2. The van der Waals surface area contributed by atoms with Gasteiger partial charge < -0.3 is 8.98 Å². The minimum absolute atomic E-state index is 0.342. The van der Waals surface area contributed by atoms with Crippen LogP contribution in [0.3, 0.4) is 0 Å². The molecule has 0 radical (unpaired) electrons. The number of nitrogens with zero attached hydrogens (tertiary/aromatic N) is 1. The molecule has 0 aliphatic rings. The molecule has 0 fully saturated rings. The molecule has 0 amide bonds. The van der Waals surface area contributed by atoms with E-state index in [0.717, 1.165) is 33.0 Å². The summed E-state index contributed by atoms with van der Waals surface area (Å²) in [5.74, 6) is 0. The van der Waals surface area contributed by atoms with E-state index in [4.69, 9.17) is 16.0 Å². The van der Waals surface area contributed by atoms with E-state index in [1.165, 1.54) is 0 Å². The lowest BCUT2D eigenvalue weighted by Gasteiger charge is -2.11. The van der Waals surface area contributed by atoms with Crippen LogP contribution in [0.25, 0.3) is 44.3 Å². The fraction of sp³-hybridized carbons (Fsp3) is 0.0800. The second-order valence-electron chi connectivity index (χ2n) is 6.96. The van der Waals surface area contributed by atoms with Crippen molar-refractivity contribution in [3.8, 4) is 22.3 Å². The molecule has 5 rings (SSSR count). The number of aryl methyl sites for hydroxylation is 1. The van der Waals surface area contributed by atoms with Crippen LogP contribution < -0.4 is 5.63 Å². The van der Waals surface area contributed by atoms with Crippen LogP contribution in [-0.2, 0) is 6.54 Å². The van der Waals surface area contributed by atoms with Gasteiger partial charge in [-0.05, 0) is 36.2 Å². The van der Waals surface area contributed by atoms with Gasteiger partial charge >= 0.3 is 5.63 Å². The number of aromatic nitrogens is 1. The Morgan fingerprint density at radius 3 is 2.10 bits per heavy atom. The molecule has 0 aliphatic heterocycles. The molecule has 4 heteroatoms. The van der Waals surface area contributed by atoms with E-state index in [1.807, 2.05) is 90.4 Å². The second kappa shape index (κ2) is 6.94. The summed E-state index contributed by atoms with van der Waals surface area (Å²) >= 11 is 6.36. The van der Waals surface area contributed by atoms with Gasteiger partial charge in [0.15, 0.2) is 0 Å². The third-order valence-corrected chi connectivity index (χ3v) is 5.55. The van der Waals surface area contributed by atoms with Gasteiger partial charge in [-0.1, -0.05) is 72.3 Å². The molecule has 29 heavy (non-hydrogen) atoms. The van der Waals surface area contributed by atoms with E-state index in [0.29, 0.717) is 22.8 Å². The number of halogens is 1. The fourth-order valence-corrected chi connectivity index (χ4v) is 4.26. The van der Waals surface area contributed by atoms with E-state index >= 15 is 0 Å². The molecule has 0 saturated carbocycles. The van der Waals surface area contributed by atoms with Gasteiger partial charge in [0, 0.05) is 22.5 Å². The zero-order valence-corrected chi connectivity index (χ0v) is 16.6. The molecule has 2 heterocycles. The standard InChI is InChI=1S/C25H18ClNO2/c1-2-27-20-14-13-18(26)15-19(20)23-21(16-9-5-3-6-10-16)22(25(28)29-24(23)27)17-11-7-4-8-12-17/h3-15H,2H2,1H3. The van der Waals surface area contributed by atoms with Gasteiger partial charge in [-0.3, -0.25) is 0 Å². The first-order valence-electron chi connectivity index (χ1n) is 9.58. The number of rotatable bonds is 3. The number of hydrogen-bond donors (Lipinski definition) is 0. The summed E-state index contributed by atoms with van der Waals surface area (Å²) in [5, 5.41) is 2.54. The van der Waals surface area contributed by atoms with Gasteiger partial charge in [0.25, 0.3) is 0 Å². The molecule has 3 aromatic carbocycles. The Morgan fingerprint density at radius 2 is 1.48 bits per heavy atom. The van der Waals surface area contributed by atoms with Crippen LogP contribution >= 0.6 is 11.6 Å². The van der Waals surface area contributed by atoms with Crippen molar-refractivity contribution < 1.29 is 4.42 Å². The minimum atomic E-state index is -0.342. The zero-order valence-electron chi connectivity index (χ0n) is 15.9. The average Bonchev–Trinajstić information content (AvgIpc) is 3.06. The van der Waals surface area contributed by atoms with Gasteiger partial charge in [0.05, 0.1) is 16.5 Å². The molecule has 0 unspecified atom stereocenters. The molecule has 0 atom stereocenters. The first-order chi connectivity index (χ1) is 14.2. The van der Waals surface area contributed by atoms with Crippen LogP contribution in [0.4, 0.5) is 0 Å². The SMILES string of the molecule is CCn1c2ccc(Cl)cc2c2c(-c3ccccc3)c(-c3ccccc3)c(=O)oc21. The molecule has 142 valence electrons. The summed E-state index contributed by atoms with van der Waals surface area (Å²) in [7, 11) is 0. The van der Waals surface area contributed by atoms with E-state index in [1.54, 1.807) is 0 Å². The molecule has 0 aliphatic carbocycles. The first kappa shape index (κ1) is 17.8. The molecular weight excluding hydrogens is 382 g/mol. The lowest BCUT2D eigenvalue weighted by molar-refractivity contribution is 0.532. The average molecular weight is 400 g/mol.